The molecule has 0 aliphatic carbocycles. The molecule has 1 fully saturated rings. The molecule has 174 valence electrons. The van der Waals surface area contributed by atoms with Crippen molar-refractivity contribution in [3.05, 3.63) is 12.7 Å². The lowest BCUT2D eigenvalue weighted by molar-refractivity contribution is -0.0476. The SMILES string of the molecule is Nc1ncnc2c1ncn2C1OC(COS(=O)(=O)OP(=O)(O)O)C(OP(=O)(O)O)C1O. The second-order valence-corrected chi connectivity index (χ2v) is 9.78. The van der Waals surface area contributed by atoms with E-state index in [2.05, 4.69) is 27.6 Å². The molecule has 7 N–H and O–H groups in total. The van der Waals surface area contributed by atoms with Gasteiger partial charge in [0.2, 0.25) is 0 Å². The number of hydrogen-bond donors (Lipinski definition) is 6. The van der Waals surface area contributed by atoms with Crippen LogP contribution in [0.25, 0.3) is 11.2 Å². The summed E-state index contributed by atoms with van der Waals surface area (Å²) in [5.41, 5.74) is 5.84. The van der Waals surface area contributed by atoms with Crippen molar-refractivity contribution in [2.24, 2.45) is 0 Å². The van der Waals surface area contributed by atoms with Crippen LogP contribution in [0.15, 0.2) is 12.7 Å². The second kappa shape index (κ2) is 8.39. The Balaban J connectivity index is 1.88. The summed E-state index contributed by atoms with van der Waals surface area (Å²) in [5, 5.41) is 10.5. The second-order valence-electron chi connectivity index (χ2n) is 5.96. The first-order valence-electron chi connectivity index (χ1n) is 7.83. The highest BCUT2D eigenvalue weighted by Gasteiger charge is 2.49. The number of ether oxygens (including phenoxy) is 1. The van der Waals surface area contributed by atoms with Crippen LogP contribution in [0, 0.1) is 0 Å². The first kappa shape index (κ1) is 24.1. The minimum Gasteiger partial charge on any atom is -0.386 e. The summed E-state index contributed by atoms with van der Waals surface area (Å²) in [4.78, 5) is 46.9. The lowest BCUT2D eigenvalue weighted by atomic mass is 10.1. The summed E-state index contributed by atoms with van der Waals surface area (Å²) in [7, 11) is -16.0. The highest BCUT2D eigenvalue weighted by molar-refractivity contribution is 7.86. The summed E-state index contributed by atoms with van der Waals surface area (Å²) in [5.74, 6) is -0.0141. The number of aliphatic hydroxyl groups excluding tert-OH is 1. The Morgan fingerprint density at radius 1 is 1.16 bits per heavy atom. The highest BCUT2D eigenvalue weighted by Crippen LogP contribution is 2.44. The molecule has 31 heavy (non-hydrogen) atoms. The van der Waals surface area contributed by atoms with Gasteiger partial charge in [-0.05, 0) is 0 Å². The molecule has 21 heteroatoms. The maximum Gasteiger partial charge on any atom is 0.486 e. The van der Waals surface area contributed by atoms with Gasteiger partial charge in [-0.15, -0.1) is 3.97 Å². The van der Waals surface area contributed by atoms with Crippen LogP contribution in [0.1, 0.15) is 6.23 Å². The number of nitrogen functional groups attached to an aromatic ring is 1. The van der Waals surface area contributed by atoms with Gasteiger partial charge in [0.15, 0.2) is 17.7 Å². The van der Waals surface area contributed by atoms with Gasteiger partial charge in [-0.1, -0.05) is 0 Å². The van der Waals surface area contributed by atoms with Crippen LogP contribution in [-0.4, -0.2) is 77.5 Å². The Kier molecular flexibility index (Phi) is 6.51. The van der Waals surface area contributed by atoms with Gasteiger partial charge >= 0.3 is 26.0 Å². The Hall–Kier alpha value is -1.60. The van der Waals surface area contributed by atoms with Crippen molar-refractivity contribution in [2.75, 3.05) is 12.3 Å². The molecule has 4 atom stereocenters. The van der Waals surface area contributed by atoms with E-state index < -0.39 is 57.2 Å². The third-order valence-electron chi connectivity index (χ3n) is 3.79. The van der Waals surface area contributed by atoms with Crippen LogP contribution in [0.4, 0.5) is 5.82 Å². The molecule has 0 bridgehead atoms. The van der Waals surface area contributed by atoms with Gasteiger partial charge in [-0.2, -0.15) is 8.42 Å². The van der Waals surface area contributed by atoms with Crippen LogP contribution in [0.3, 0.4) is 0 Å². The number of nitrogens with two attached hydrogens (primary N) is 1. The molecule has 1 aliphatic heterocycles. The van der Waals surface area contributed by atoms with E-state index in [1.54, 1.807) is 0 Å². The highest BCUT2D eigenvalue weighted by atomic mass is 32.3. The topological polar surface area (TPSA) is 276 Å². The van der Waals surface area contributed by atoms with Crippen molar-refractivity contribution in [2.45, 2.75) is 24.5 Å². The van der Waals surface area contributed by atoms with Crippen molar-refractivity contribution in [1.29, 1.82) is 0 Å². The van der Waals surface area contributed by atoms with E-state index >= 15 is 0 Å². The largest absolute Gasteiger partial charge is 0.486 e. The minimum atomic E-state index is -5.49. The molecule has 4 unspecified atom stereocenters. The predicted molar refractivity (Wildman–Crippen MR) is 94.6 cm³/mol. The zero-order valence-electron chi connectivity index (χ0n) is 14.8. The van der Waals surface area contributed by atoms with Crippen LogP contribution < -0.4 is 5.73 Å². The standard InChI is InChI=1S/C10H15N5O13P2S/c11-8-5-9(13-2-12-8)15(3-14-5)10-6(16)7(27-29(17,18)19)4(26-10)1-25-31(23,24)28-30(20,21)22/h2-4,6-7,10,16H,1H2,(H2,11,12,13)(H2,17,18,19)(H2,20,21,22). The van der Waals surface area contributed by atoms with Gasteiger partial charge in [-0.25, -0.2) is 28.3 Å². The van der Waals surface area contributed by atoms with Crippen LogP contribution in [0.2, 0.25) is 0 Å². The third-order valence-corrected chi connectivity index (χ3v) is 6.24. The molecule has 0 radical (unpaired) electrons. The average Bonchev–Trinajstić information content (AvgIpc) is 3.13. The molecule has 0 aromatic carbocycles. The van der Waals surface area contributed by atoms with Crippen molar-refractivity contribution < 1.29 is 59.6 Å². The maximum absolute atomic E-state index is 11.5. The molecule has 0 amide bonds. The van der Waals surface area contributed by atoms with E-state index in [1.807, 2.05) is 0 Å². The lowest BCUT2D eigenvalue weighted by Crippen LogP contribution is -2.36. The molecule has 1 saturated heterocycles. The number of phosphoric acid groups is 2. The number of fused-ring (bicyclic) bond motifs is 1. The molecule has 18 nitrogen and oxygen atoms in total. The van der Waals surface area contributed by atoms with Gasteiger partial charge in [0.1, 0.15) is 30.2 Å². The normalized spacial score (nSPS) is 25.3. The fraction of sp³-hybridized carbons (Fsp3) is 0.500. The smallest absolute Gasteiger partial charge is 0.386 e. The molecule has 2 aromatic heterocycles. The monoisotopic (exact) mass is 507 g/mol. The fourth-order valence-corrected chi connectivity index (χ4v) is 4.72. The first-order chi connectivity index (χ1) is 14.2. The number of rotatable bonds is 8. The molecule has 0 saturated carbocycles. The molecular weight excluding hydrogens is 492 g/mol. The van der Waals surface area contributed by atoms with Crippen LogP contribution >= 0.6 is 15.6 Å². The van der Waals surface area contributed by atoms with Gasteiger partial charge in [0.05, 0.1) is 12.9 Å². The average molecular weight is 507 g/mol. The number of aromatic nitrogens is 4. The summed E-state index contributed by atoms with van der Waals surface area (Å²) in [6, 6.07) is 0. The molecule has 3 heterocycles. The van der Waals surface area contributed by atoms with E-state index in [9.17, 15) is 22.7 Å². The van der Waals surface area contributed by atoms with E-state index in [0.29, 0.717) is 0 Å². The number of aliphatic hydroxyl groups is 1. The van der Waals surface area contributed by atoms with Crippen molar-refractivity contribution >= 4 is 43.0 Å². The first-order valence-corrected chi connectivity index (χ1v) is 12.2. The van der Waals surface area contributed by atoms with E-state index in [1.165, 1.54) is 0 Å². The predicted octanol–water partition coefficient (Wildman–Crippen LogP) is -2.48. The van der Waals surface area contributed by atoms with E-state index in [4.69, 9.17) is 30.0 Å². The molecule has 1 aliphatic rings. The number of anilines is 1. The zero-order valence-corrected chi connectivity index (χ0v) is 17.4. The fourth-order valence-electron chi connectivity index (χ4n) is 2.72. The Bertz CT molecular complexity index is 1160. The molecule has 2 aromatic rings. The minimum absolute atomic E-state index is 0.0141. The molecule has 3 rings (SSSR count). The number of nitrogens with zero attached hydrogens (tertiary/aromatic N) is 4. The van der Waals surface area contributed by atoms with Crippen LogP contribution in [-0.2, 0) is 36.9 Å². The van der Waals surface area contributed by atoms with E-state index in [0.717, 1.165) is 17.2 Å². The number of hydrogen-bond acceptors (Lipinski definition) is 13. The zero-order chi connectivity index (χ0) is 23.2. The number of phosphoric ester groups is 1. The summed E-state index contributed by atoms with van der Waals surface area (Å²) >= 11 is 0. The molecular formula is C10H15N5O13P2S. The maximum atomic E-state index is 11.5. The Labute approximate surface area is 172 Å². The quantitative estimate of drug-likeness (QED) is 0.202. The van der Waals surface area contributed by atoms with E-state index in [-0.39, 0.29) is 17.0 Å². The van der Waals surface area contributed by atoms with Crippen molar-refractivity contribution in [3.63, 3.8) is 0 Å². The van der Waals surface area contributed by atoms with Gasteiger partial charge in [0.25, 0.3) is 0 Å². The Morgan fingerprint density at radius 3 is 2.45 bits per heavy atom. The summed E-state index contributed by atoms with van der Waals surface area (Å²) in [6.07, 6.45) is -4.61. The van der Waals surface area contributed by atoms with Gasteiger partial charge < -0.3 is 35.2 Å². The van der Waals surface area contributed by atoms with Crippen LogP contribution in [0.5, 0.6) is 0 Å². The van der Waals surface area contributed by atoms with Crippen molar-refractivity contribution in [1.82, 2.24) is 19.5 Å². The summed E-state index contributed by atoms with van der Waals surface area (Å²) in [6.45, 7) is -1.11. The lowest BCUT2D eigenvalue weighted by Gasteiger charge is -2.20. The number of imidazole rings is 1. The van der Waals surface area contributed by atoms with Gasteiger partial charge in [0, 0.05) is 0 Å². The van der Waals surface area contributed by atoms with Gasteiger partial charge in [-0.3, -0.25) is 9.09 Å². The molecule has 0 spiro atoms. The Morgan fingerprint density at radius 2 is 1.84 bits per heavy atom. The third kappa shape index (κ3) is 5.80. The summed E-state index contributed by atoms with van der Waals surface area (Å²) < 4.78 is 63.7. The van der Waals surface area contributed by atoms with Crippen molar-refractivity contribution in [3.8, 4) is 0 Å².